The van der Waals surface area contributed by atoms with Gasteiger partial charge in [-0.05, 0) is 86.4 Å². The summed E-state index contributed by atoms with van der Waals surface area (Å²) >= 11 is 0. The van der Waals surface area contributed by atoms with Gasteiger partial charge in [-0.15, -0.1) is 0 Å². The van der Waals surface area contributed by atoms with Gasteiger partial charge in [0.1, 0.15) is 36.8 Å². The van der Waals surface area contributed by atoms with Gasteiger partial charge in [0, 0.05) is 32.0 Å². The lowest BCUT2D eigenvalue weighted by Crippen LogP contribution is -2.67. The van der Waals surface area contributed by atoms with Crippen molar-refractivity contribution in [3.63, 3.8) is 0 Å². The Balaban J connectivity index is 1.76. The third kappa shape index (κ3) is 9.81. The molecule has 1 fully saturated rings. The van der Waals surface area contributed by atoms with Crippen molar-refractivity contribution in [3.8, 4) is 5.75 Å². The molecule has 4 rings (SSSR count). The van der Waals surface area contributed by atoms with E-state index >= 15 is 0 Å². The highest BCUT2D eigenvalue weighted by Crippen LogP contribution is 2.50. The van der Waals surface area contributed by atoms with E-state index in [4.69, 9.17) is 38.3 Å². The fourth-order valence-electron chi connectivity index (χ4n) is 6.57. The summed E-state index contributed by atoms with van der Waals surface area (Å²) in [6, 6.07) is 12.6. The van der Waals surface area contributed by atoms with Crippen LogP contribution in [0.15, 0.2) is 36.4 Å². The monoisotopic (exact) mass is 670 g/mol. The normalized spacial score (nSPS) is 24.2. The molecule has 1 N–H and O–H groups in total. The van der Waals surface area contributed by atoms with Crippen LogP contribution in [-0.2, 0) is 47.2 Å². The molecule has 1 saturated heterocycles. The first-order chi connectivity index (χ1) is 23.4. The summed E-state index contributed by atoms with van der Waals surface area (Å²) in [5.41, 5.74) is 5.70. The van der Waals surface area contributed by atoms with Crippen molar-refractivity contribution < 1.29 is 38.3 Å². The van der Waals surface area contributed by atoms with Crippen molar-refractivity contribution in [2.24, 2.45) is 0 Å². The minimum atomic E-state index is -1.16. The van der Waals surface area contributed by atoms with Gasteiger partial charge in [-0.1, -0.05) is 71.6 Å². The van der Waals surface area contributed by atoms with E-state index in [1.165, 1.54) is 16.7 Å². The summed E-state index contributed by atoms with van der Waals surface area (Å²) in [5, 5.41) is 9.12. The van der Waals surface area contributed by atoms with Crippen LogP contribution in [0.4, 0.5) is 0 Å². The van der Waals surface area contributed by atoms with Gasteiger partial charge in [-0.25, -0.2) is 0 Å². The van der Waals surface area contributed by atoms with Crippen molar-refractivity contribution >= 4 is 0 Å². The maximum Gasteiger partial charge on any atom is 0.225 e. The van der Waals surface area contributed by atoms with Gasteiger partial charge in [0.15, 0.2) is 0 Å². The molecule has 2 aliphatic rings. The molecule has 0 aromatic heterocycles. The summed E-state index contributed by atoms with van der Waals surface area (Å²) in [5.74, 6) is -0.415. The molecule has 0 amide bonds. The van der Waals surface area contributed by atoms with Crippen molar-refractivity contribution in [1.82, 2.24) is 0 Å². The second-order valence-corrected chi connectivity index (χ2v) is 13.3. The van der Waals surface area contributed by atoms with E-state index in [1.807, 2.05) is 12.1 Å². The molecular weight excluding hydrogens is 608 g/mol. The number of fused-ring (bicyclic) bond motifs is 2. The predicted octanol–water partition coefficient (Wildman–Crippen LogP) is 7.80. The smallest absolute Gasteiger partial charge is 0.225 e. The van der Waals surface area contributed by atoms with Gasteiger partial charge >= 0.3 is 0 Å². The lowest BCUT2D eigenvalue weighted by Gasteiger charge is -2.52. The fourth-order valence-corrected chi connectivity index (χ4v) is 6.57. The van der Waals surface area contributed by atoms with Crippen LogP contribution < -0.4 is 4.74 Å². The van der Waals surface area contributed by atoms with Crippen LogP contribution >= 0.6 is 0 Å². The summed E-state index contributed by atoms with van der Waals surface area (Å²) in [7, 11) is 0. The predicted molar refractivity (Wildman–Crippen MR) is 189 cm³/mol. The van der Waals surface area contributed by atoms with E-state index in [0.717, 1.165) is 74.7 Å². The number of aliphatic hydroxyl groups excluding tert-OH is 1. The van der Waals surface area contributed by atoms with Crippen molar-refractivity contribution in [2.45, 2.75) is 142 Å². The first-order valence-corrected chi connectivity index (χ1v) is 18.7. The topological polar surface area (TPSA) is 84.8 Å². The van der Waals surface area contributed by atoms with Gasteiger partial charge in [-0.3, -0.25) is 0 Å². The Morgan fingerprint density at radius 1 is 0.812 bits per heavy atom. The number of unbranched alkanes of at least 4 members (excludes halogenated alkanes) is 4. The van der Waals surface area contributed by atoms with Gasteiger partial charge in [0.05, 0.1) is 19.3 Å². The molecule has 0 unspecified atom stereocenters. The average Bonchev–Trinajstić information content (AvgIpc) is 3.43. The second kappa shape index (κ2) is 20.0. The van der Waals surface area contributed by atoms with Crippen LogP contribution in [0, 0.1) is 6.92 Å². The molecule has 6 atom stereocenters. The van der Waals surface area contributed by atoms with E-state index in [0.29, 0.717) is 33.0 Å². The van der Waals surface area contributed by atoms with Crippen LogP contribution in [0.5, 0.6) is 5.75 Å². The van der Waals surface area contributed by atoms with E-state index in [-0.39, 0.29) is 25.4 Å². The van der Waals surface area contributed by atoms with Crippen LogP contribution in [-0.4, -0.2) is 75.3 Å². The minimum absolute atomic E-state index is 0.00821. The number of aryl methyl sites for hydroxylation is 1. The highest BCUT2D eigenvalue weighted by molar-refractivity contribution is 5.45. The molecule has 0 aliphatic carbocycles. The molecule has 48 heavy (non-hydrogen) atoms. The molecule has 8 heteroatoms. The Bertz CT molecular complexity index is 1200. The molecule has 2 aromatic carbocycles. The number of aliphatic hydroxyl groups is 1. The summed E-state index contributed by atoms with van der Waals surface area (Å²) < 4.78 is 46.5. The lowest BCUT2D eigenvalue weighted by molar-refractivity contribution is -0.389. The largest absolute Gasteiger partial charge is 0.491 e. The number of ether oxygens (including phenoxy) is 7. The number of hydrogen-bond donors (Lipinski definition) is 1. The minimum Gasteiger partial charge on any atom is -0.491 e. The SMILES string of the molecule is CCCCO[C@H]1[C@H](OCCCC)[C@@H](OCCCC)[C@@]2(OCc3cc(C)c(Cc4ccc(OCCO)cc4)cc32)O[C@@H]1[C@@H](C)OCCCC. The summed E-state index contributed by atoms with van der Waals surface area (Å²) in [6.07, 6.45) is 6.78. The van der Waals surface area contributed by atoms with Crippen LogP contribution in [0.1, 0.15) is 114 Å². The first kappa shape index (κ1) is 38.8. The van der Waals surface area contributed by atoms with Crippen LogP contribution in [0.3, 0.4) is 0 Å². The Morgan fingerprint density at radius 2 is 1.44 bits per heavy atom. The van der Waals surface area contributed by atoms with E-state index in [2.05, 4.69) is 65.8 Å². The summed E-state index contributed by atoms with van der Waals surface area (Å²) in [6.45, 7) is 16.1. The van der Waals surface area contributed by atoms with Crippen molar-refractivity contribution in [3.05, 3.63) is 64.2 Å². The molecule has 1 spiro atoms. The van der Waals surface area contributed by atoms with E-state index < -0.39 is 24.1 Å². The Kier molecular flexibility index (Phi) is 16.1. The molecule has 270 valence electrons. The van der Waals surface area contributed by atoms with Crippen molar-refractivity contribution in [2.75, 3.05) is 39.6 Å². The quantitative estimate of drug-likeness (QED) is 0.127. The first-order valence-electron chi connectivity index (χ1n) is 18.7. The van der Waals surface area contributed by atoms with E-state index in [9.17, 15) is 0 Å². The number of hydrogen-bond acceptors (Lipinski definition) is 8. The van der Waals surface area contributed by atoms with Crippen LogP contribution in [0.25, 0.3) is 0 Å². The molecule has 2 heterocycles. The molecule has 0 radical (unpaired) electrons. The molecule has 2 aromatic rings. The Labute approximate surface area is 289 Å². The number of benzene rings is 2. The highest BCUT2D eigenvalue weighted by Gasteiger charge is 2.62. The van der Waals surface area contributed by atoms with Crippen LogP contribution in [0.2, 0.25) is 0 Å². The summed E-state index contributed by atoms with van der Waals surface area (Å²) in [4.78, 5) is 0. The molecule has 8 nitrogen and oxygen atoms in total. The standard InChI is InChI=1S/C40H62O8/c1-7-11-20-42-30(6)36-37(44-21-12-8-2)38(45-22-13-9-3)39(46-23-14-10-4)40(48-36)35-27-32(29(5)25-33(35)28-47-40)26-31-15-17-34(18-16-31)43-24-19-41/h15-18,25,27,30,36-39,41H,7-14,19-24,26,28H2,1-6H3/t30-,36-,37-,38+,39-,40+/m1/s1. The van der Waals surface area contributed by atoms with E-state index in [1.54, 1.807) is 0 Å². The maximum atomic E-state index is 9.12. The molecule has 0 saturated carbocycles. The molecule has 2 aliphatic heterocycles. The number of rotatable bonds is 22. The van der Waals surface area contributed by atoms with Gasteiger partial charge in [-0.2, -0.15) is 0 Å². The van der Waals surface area contributed by atoms with Gasteiger partial charge in [0.25, 0.3) is 0 Å². The highest BCUT2D eigenvalue weighted by atomic mass is 16.7. The average molecular weight is 671 g/mol. The third-order valence-corrected chi connectivity index (χ3v) is 9.44. The molecular formula is C40H62O8. The fraction of sp³-hybridized carbons (Fsp3) is 0.700. The maximum absolute atomic E-state index is 9.12. The zero-order valence-corrected chi connectivity index (χ0v) is 30.5. The zero-order chi connectivity index (χ0) is 34.4. The zero-order valence-electron chi connectivity index (χ0n) is 30.5. The second-order valence-electron chi connectivity index (χ2n) is 13.3. The lowest BCUT2D eigenvalue weighted by atomic mass is 9.83. The Hall–Kier alpha value is -2.04. The Morgan fingerprint density at radius 3 is 2.08 bits per heavy atom. The van der Waals surface area contributed by atoms with Gasteiger partial charge in [0.2, 0.25) is 5.79 Å². The third-order valence-electron chi connectivity index (χ3n) is 9.44. The molecule has 0 bridgehead atoms. The van der Waals surface area contributed by atoms with Crippen molar-refractivity contribution in [1.29, 1.82) is 0 Å². The van der Waals surface area contributed by atoms with Gasteiger partial charge < -0.3 is 38.3 Å².